The Balaban J connectivity index is 1.88. The van der Waals surface area contributed by atoms with E-state index in [1.165, 1.54) is 12.1 Å². The summed E-state index contributed by atoms with van der Waals surface area (Å²) in [5.41, 5.74) is 5.40. The molecule has 0 aliphatic rings. The highest BCUT2D eigenvalue weighted by Crippen LogP contribution is 2.15. The Morgan fingerprint density at radius 2 is 2.12 bits per heavy atom. The van der Waals surface area contributed by atoms with Crippen molar-refractivity contribution in [1.29, 1.82) is 0 Å². The zero-order valence-electron chi connectivity index (χ0n) is 14.6. The highest BCUT2D eigenvalue weighted by atomic mass is 19.1. The van der Waals surface area contributed by atoms with E-state index in [4.69, 9.17) is 9.47 Å². The number of aromatic nitrogens is 1. The molecule has 0 aliphatic carbocycles. The van der Waals surface area contributed by atoms with Crippen LogP contribution in [0.5, 0.6) is 5.75 Å². The van der Waals surface area contributed by atoms with Gasteiger partial charge in [0, 0.05) is 30.6 Å². The van der Waals surface area contributed by atoms with E-state index in [2.05, 4.69) is 15.1 Å². The van der Waals surface area contributed by atoms with Crippen LogP contribution in [0.3, 0.4) is 0 Å². The first-order valence-corrected chi connectivity index (χ1v) is 7.88. The van der Waals surface area contributed by atoms with E-state index in [-0.39, 0.29) is 12.4 Å². The zero-order valence-corrected chi connectivity index (χ0v) is 14.6. The van der Waals surface area contributed by atoms with Gasteiger partial charge in [-0.2, -0.15) is 5.10 Å². The molecule has 0 fully saturated rings. The molecule has 1 aromatic heterocycles. The molecular weight excluding hydrogens is 325 g/mol. The summed E-state index contributed by atoms with van der Waals surface area (Å²) in [5, 5.41) is 3.93. The minimum absolute atomic E-state index is 0.0309. The largest absolute Gasteiger partial charge is 0.481 e. The van der Waals surface area contributed by atoms with Gasteiger partial charge in [-0.25, -0.2) is 9.82 Å². The third-order valence-electron chi connectivity index (χ3n) is 3.72. The molecule has 2 aromatic rings. The van der Waals surface area contributed by atoms with Gasteiger partial charge in [0.25, 0.3) is 5.91 Å². The summed E-state index contributed by atoms with van der Waals surface area (Å²) >= 11 is 0. The predicted molar refractivity (Wildman–Crippen MR) is 93.4 cm³/mol. The summed E-state index contributed by atoms with van der Waals surface area (Å²) in [6.45, 7) is 5.04. The van der Waals surface area contributed by atoms with Gasteiger partial charge >= 0.3 is 0 Å². The minimum atomic E-state index is -0.512. The number of hydrazone groups is 1. The van der Waals surface area contributed by atoms with Crippen LogP contribution in [0.2, 0.25) is 0 Å². The Morgan fingerprint density at radius 3 is 2.84 bits per heavy atom. The van der Waals surface area contributed by atoms with Crippen molar-refractivity contribution >= 4 is 12.1 Å². The Bertz CT molecular complexity index is 756. The Labute approximate surface area is 146 Å². The second kappa shape index (κ2) is 8.98. The fraction of sp³-hybridized carbons (Fsp3) is 0.333. The zero-order chi connectivity index (χ0) is 18.2. The summed E-state index contributed by atoms with van der Waals surface area (Å²) < 4.78 is 25.7. The van der Waals surface area contributed by atoms with Crippen molar-refractivity contribution in [1.82, 2.24) is 9.99 Å². The van der Waals surface area contributed by atoms with Gasteiger partial charge in [0.15, 0.2) is 18.2 Å². The quantitative estimate of drug-likeness (QED) is 0.589. The third kappa shape index (κ3) is 5.15. The van der Waals surface area contributed by atoms with Gasteiger partial charge in [-0.15, -0.1) is 0 Å². The van der Waals surface area contributed by atoms with Gasteiger partial charge in [0.1, 0.15) is 0 Å². The number of benzene rings is 1. The first-order valence-electron chi connectivity index (χ1n) is 7.88. The molecule has 1 aromatic carbocycles. The maximum atomic E-state index is 13.4. The van der Waals surface area contributed by atoms with E-state index in [1.807, 2.05) is 19.9 Å². The lowest BCUT2D eigenvalue weighted by molar-refractivity contribution is -0.123. The topological polar surface area (TPSA) is 64.8 Å². The molecule has 2 rings (SSSR count). The molecule has 1 heterocycles. The number of halogens is 1. The Morgan fingerprint density at radius 1 is 1.36 bits per heavy atom. The molecule has 25 heavy (non-hydrogen) atoms. The summed E-state index contributed by atoms with van der Waals surface area (Å²) in [5.74, 6) is -0.946. The first kappa shape index (κ1) is 18.7. The average molecular weight is 347 g/mol. The smallest absolute Gasteiger partial charge is 0.277 e. The fourth-order valence-corrected chi connectivity index (χ4v) is 2.40. The van der Waals surface area contributed by atoms with E-state index in [0.717, 1.165) is 23.5 Å². The van der Waals surface area contributed by atoms with Crippen LogP contribution in [0.1, 0.15) is 17.0 Å². The highest BCUT2D eigenvalue weighted by molar-refractivity contribution is 5.84. The average Bonchev–Trinajstić information content (AvgIpc) is 2.86. The molecule has 7 heteroatoms. The van der Waals surface area contributed by atoms with E-state index in [0.29, 0.717) is 6.61 Å². The van der Waals surface area contributed by atoms with Gasteiger partial charge in [-0.3, -0.25) is 4.79 Å². The normalized spacial score (nSPS) is 11.0. The van der Waals surface area contributed by atoms with E-state index < -0.39 is 11.7 Å². The lowest BCUT2D eigenvalue weighted by Gasteiger charge is -2.08. The van der Waals surface area contributed by atoms with Crippen molar-refractivity contribution in [3.05, 3.63) is 53.1 Å². The van der Waals surface area contributed by atoms with E-state index in [9.17, 15) is 9.18 Å². The van der Waals surface area contributed by atoms with Crippen molar-refractivity contribution in [2.45, 2.75) is 20.4 Å². The van der Waals surface area contributed by atoms with Gasteiger partial charge < -0.3 is 14.0 Å². The number of para-hydroxylation sites is 1. The molecule has 0 aliphatic heterocycles. The molecule has 134 valence electrons. The summed E-state index contributed by atoms with van der Waals surface area (Å²) in [4.78, 5) is 11.7. The number of carbonyl (C=O) groups is 1. The number of hydrogen-bond acceptors (Lipinski definition) is 4. The lowest BCUT2D eigenvalue weighted by atomic mass is 10.3. The number of carbonyl (C=O) groups excluding carboxylic acids is 1. The SMILES string of the molecule is COCCn1c(C)cc(/C=N\NC(=O)COc2ccccc2F)c1C. The van der Waals surface area contributed by atoms with Gasteiger partial charge in [0.05, 0.1) is 12.8 Å². The molecule has 0 bridgehead atoms. The van der Waals surface area contributed by atoms with Crippen LogP contribution in [-0.4, -0.2) is 37.0 Å². The third-order valence-corrected chi connectivity index (χ3v) is 3.72. The summed E-state index contributed by atoms with van der Waals surface area (Å²) in [6, 6.07) is 7.89. The number of methoxy groups -OCH3 is 1. The molecule has 0 saturated carbocycles. The fourth-order valence-electron chi connectivity index (χ4n) is 2.40. The molecule has 0 spiro atoms. The number of hydrogen-bond donors (Lipinski definition) is 1. The van der Waals surface area contributed by atoms with Crippen LogP contribution in [0, 0.1) is 19.7 Å². The molecule has 1 amide bonds. The second-order valence-corrected chi connectivity index (χ2v) is 5.48. The standard InChI is InChI=1S/C18H22FN3O3/c1-13-10-15(14(2)22(13)8-9-24-3)11-20-21-18(23)12-25-17-7-5-4-6-16(17)19/h4-7,10-11H,8-9,12H2,1-3H3,(H,21,23)/b20-11-. The monoisotopic (exact) mass is 347 g/mol. The Kier molecular flexibility index (Phi) is 6.71. The highest BCUT2D eigenvalue weighted by Gasteiger charge is 2.08. The number of nitrogens with one attached hydrogen (secondary N) is 1. The first-order chi connectivity index (χ1) is 12.0. The molecule has 0 saturated heterocycles. The molecule has 0 unspecified atom stereocenters. The minimum Gasteiger partial charge on any atom is -0.481 e. The maximum absolute atomic E-state index is 13.4. The van der Waals surface area contributed by atoms with Crippen LogP contribution >= 0.6 is 0 Å². The van der Waals surface area contributed by atoms with Crippen LogP contribution < -0.4 is 10.2 Å². The number of amides is 1. The van der Waals surface area contributed by atoms with Crippen LogP contribution in [0.15, 0.2) is 35.4 Å². The predicted octanol–water partition coefficient (Wildman–Crippen LogP) is 2.42. The molecular formula is C18H22FN3O3. The van der Waals surface area contributed by atoms with Crippen molar-refractivity contribution in [3.8, 4) is 5.75 Å². The number of nitrogens with zero attached hydrogens (tertiary/aromatic N) is 2. The van der Waals surface area contributed by atoms with E-state index >= 15 is 0 Å². The Hall–Kier alpha value is -2.67. The van der Waals surface area contributed by atoms with Crippen LogP contribution in [0.25, 0.3) is 0 Å². The second-order valence-electron chi connectivity index (χ2n) is 5.48. The van der Waals surface area contributed by atoms with Crippen molar-refractivity contribution in [2.75, 3.05) is 20.3 Å². The van der Waals surface area contributed by atoms with Gasteiger partial charge in [-0.1, -0.05) is 12.1 Å². The van der Waals surface area contributed by atoms with Crippen molar-refractivity contribution < 1.29 is 18.7 Å². The lowest BCUT2D eigenvalue weighted by Crippen LogP contribution is -2.24. The van der Waals surface area contributed by atoms with Crippen LogP contribution in [0.4, 0.5) is 4.39 Å². The number of rotatable bonds is 8. The van der Waals surface area contributed by atoms with Gasteiger partial charge in [-0.05, 0) is 32.0 Å². The van der Waals surface area contributed by atoms with Crippen molar-refractivity contribution in [2.24, 2.45) is 5.10 Å². The number of ether oxygens (including phenoxy) is 2. The molecule has 0 radical (unpaired) electrons. The number of aryl methyl sites for hydroxylation is 1. The molecule has 1 N–H and O–H groups in total. The molecule has 6 nitrogen and oxygen atoms in total. The van der Waals surface area contributed by atoms with Crippen molar-refractivity contribution in [3.63, 3.8) is 0 Å². The van der Waals surface area contributed by atoms with E-state index in [1.54, 1.807) is 25.5 Å². The summed E-state index contributed by atoms with van der Waals surface area (Å²) in [6.07, 6.45) is 1.58. The maximum Gasteiger partial charge on any atom is 0.277 e. The summed E-state index contributed by atoms with van der Waals surface area (Å²) in [7, 11) is 1.66. The molecule has 0 atom stereocenters. The van der Waals surface area contributed by atoms with Crippen LogP contribution in [-0.2, 0) is 16.1 Å². The van der Waals surface area contributed by atoms with Gasteiger partial charge in [0.2, 0.25) is 0 Å².